The topological polar surface area (TPSA) is 26.3 Å². The first kappa shape index (κ1) is 13.4. The van der Waals surface area contributed by atoms with E-state index in [0.717, 1.165) is 19.3 Å². The second kappa shape index (κ2) is 4.93. The monoisotopic (exact) mass is 266 g/mol. The molecule has 1 aromatic rings. The Kier molecular flexibility index (Phi) is 3.67. The van der Waals surface area contributed by atoms with Gasteiger partial charge in [0.2, 0.25) is 0 Å². The van der Waals surface area contributed by atoms with Crippen LogP contribution in [0.5, 0.6) is 5.75 Å². The van der Waals surface area contributed by atoms with Crippen molar-refractivity contribution in [3.05, 3.63) is 28.8 Å². The smallest absolute Gasteiger partial charge is 0.166 e. The minimum Gasteiger partial charge on any atom is -0.495 e. The maximum absolute atomic E-state index is 12.5. The molecule has 2 rings (SSSR count). The Labute approximate surface area is 113 Å². The molecule has 1 atom stereocenters. The molecule has 0 saturated heterocycles. The van der Waals surface area contributed by atoms with Crippen molar-refractivity contribution in [2.45, 2.75) is 33.1 Å². The van der Waals surface area contributed by atoms with Gasteiger partial charge in [-0.25, -0.2) is 0 Å². The summed E-state index contributed by atoms with van der Waals surface area (Å²) in [5, 5.41) is 0.499. The number of carbonyl (C=O) groups excluding carboxylic acids is 1. The Morgan fingerprint density at radius 1 is 1.44 bits per heavy atom. The van der Waals surface area contributed by atoms with E-state index >= 15 is 0 Å². The van der Waals surface area contributed by atoms with Crippen molar-refractivity contribution in [1.29, 1.82) is 0 Å². The van der Waals surface area contributed by atoms with Gasteiger partial charge in [-0.3, -0.25) is 4.79 Å². The van der Waals surface area contributed by atoms with Gasteiger partial charge >= 0.3 is 0 Å². The molecular weight excluding hydrogens is 248 g/mol. The number of methoxy groups -OCH3 is 1. The fraction of sp³-hybridized carbons (Fsp3) is 0.533. The molecule has 0 radical (unpaired) electrons. The molecule has 0 N–H and O–H groups in total. The molecule has 18 heavy (non-hydrogen) atoms. The zero-order chi connectivity index (χ0) is 13.3. The summed E-state index contributed by atoms with van der Waals surface area (Å²) in [4.78, 5) is 12.5. The van der Waals surface area contributed by atoms with Crippen LogP contribution in [0.15, 0.2) is 18.2 Å². The van der Waals surface area contributed by atoms with Crippen molar-refractivity contribution in [3.63, 3.8) is 0 Å². The van der Waals surface area contributed by atoms with Crippen LogP contribution in [0.25, 0.3) is 0 Å². The van der Waals surface area contributed by atoms with Gasteiger partial charge in [0.05, 0.1) is 12.1 Å². The summed E-state index contributed by atoms with van der Waals surface area (Å²) in [6.45, 7) is 4.35. The van der Waals surface area contributed by atoms with Gasteiger partial charge in [-0.1, -0.05) is 31.9 Å². The molecule has 1 fully saturated rings. The second-order valence-electron chi connectivity index (χ2n) is 5.65. The number of halogens is 1. The van der Waals surface area contributed by atoms with E-state index in [4.69, 9.17) is 16.3 Å². The third-order valence-corrected chi connectivity index (χ3v) is 4.31. The van der Waals surface area contributed by atoms with Crippen molar-refractivity contribution in [2.75, 3.05) is 7.11 Å². The maximum atomic E-state index is 12.5. The number of Topliss-reactive ketones (excluding diaryl/α,β-unsaturated/α-hetero) is 1. The van der Waals surface area contributed by atoms with Crippen LogP contribution in [0.3, 0.4) is 0 Å². The Bertz CT molecular complexity index is 466. The quantitative estimate of drug-likeness (QED) is 0.760. The van der Waals surface area contributed by atoms with Crippen LogP contribution in [0.4, 0.5) is 0 Å². The van der Waals surface area contributed by atoms with Crippen LogP contribution >= 0.6 is 11.6 Å². The highest BCUT2D eigenvalue weighted by atomic mass is 35.5. The van der Waals surface area contributed by atoms with Gasteiger partial charge in [0, 0.05) is 11.5 Å². The van der Waals surface area contributed by atoms with E-state index < -0.39 is 0 Å². The lowest BCUT2D eigenvalue weighted by Gasteiger charge is -2.25. The highest BCUT2D eigenvalue weighted by Crippen LogP contribution is 2.44. The van der Waals surface area contributed by atoms with E-state index in [0.29, 0.717) is 16.3 Å². The third-order valence-electron chi connectivity index (χ3n) is 4.01. The average molecular weight is 267 g/mol. The van der Waals surface area contributed by atoms with Crippen LogP contribution in [-0.4, -0.2) is 12.9 Å². The third kappa shape index (κ3) is 2.39. The lowest BCUT2D eigenvalue weighted by molar-refractivity contribution is 0.0839. The average Bonchev–Trinajstić information content (AvgIpc) is 2.68. The summed E-state index contributed by atoms with van der Waals surface area (Å²) in [6, 6.07) is 5.29. The SMILES string of the molecule is COc1ccc(C(=O)C2CCCC2(C)C)cc1Cl. The van der Waals surface area contributed by atoms with Gasteiger partial charge in [-0.15, -0.1) is 0 Å². The van der Waals surface area contributed by atoms with E-state index in [9.17, 15) is 4.79 Å². The largest absolute Gasteiger partial charge is 0.495 e. The summed E-state index contributed by atoms with van der Waals surface area (Å²) in [5.41, 5.74) is 0.796. The molecule has 3 heteroatoms. The number of rotatable bonds is 3. The normalized spacial score (nSPS) is 21.9. The number of carbonyl (C=O) groups is 1. The molecule has 98 valence electrons. The van der Waals surface area contributed by atoms with E-state index in [1.807, 2.05) is 0 Å². The van der Waals surface area contributed by atoms with Crippen molar-refractivity contribution in [2.24, 2.45) is 11.3 Å². The van der Waals surface area contributed by atoms with Crippen LogP contribution in [0, 0.1) is 11.3 Å². The molecule has 1 aliphatic rings. The summed E-state index contributed by atoms with van der Waals surface area (Å²) in [6.07, 6.45) is 3.23. The standard InChI is InChI=1S/C15H19ClO2/c1-15(2)8-4-5-11(15)14(17)10-6-7-13(18-3)12(16)9-10/h6-7,9,11H,4-5,8H2,1-3H3. The van der Waals surface area contributed by atoms with Gasteiger partial charge in [-0.05, 0) is 36.5 Å². The van der Waals surface area contributed by atoms with E-state index in [1.54, 1.807) is 25.3 Å². The summed E-state index contributed by atoms with van der Waals surface area (Å²) >= 11 is 6.07. The van der Waals surface area contributed by atoms with Crippen molar-refractivity contribution in [1.82, 2.24) is 0 Å². The Balaban J connectivity index is 2.27. The molecule has 1 aromatic carbocycles. The first-order valence-electron chi connectivity index (χ1n) is 6.33. The number of hydrogen-bond donors (Lipinski definition) is 0. The number of ether oxygens (including phenoxy) is 1. The van der Waals surface area contributed by atoms with Crippen molar-refractivity contribution < 1.29 is 9.53 Å². The second-order valence-corrected chi connectivity index (χ2v) is 6.05. The van der Waals surface area contributed by atoms with Crippen molar-refractivity contribution in [3.8, 4) is 5.75 Å². The summed E-state index contributed by atoms with van der Waals surface area (Å²) in [5.74, 6) is 0.933. The zero-order valence-corrected chi connectivity index (χ0v) is 11.9. The molecule has 0 aliphatic heterocycles. The predicted molar refractivity (Wildman–Crippen MR) is 73.5 cm³/mol. The molecule has 0 heterocycles. The van der Waals surface area contributed by atoms with Crippen molar-refractivity contribution >= 4 is 17.4 Å². The molecule has 0 aromatic heterocycles. The first-order valence-corrected chi connectivity index (χ1v) is 6.71. The predicted octanol–water partition coefficient (Wildman–Crippen LogP) is 4.36. The summed E-state index contributed by atoms with van der Waals surface area (Å²) < 4.78 is 5.10. The molecular formula is C15H19ClO2. The van der Waals surface area contributed by atoms with E-state index in [2.05, 4.69) is 13.8 Å². The molecule has 0 bridgehead atoms. The van der Waals surface area contributed by atoms with E-state index in [1.165, 1.54) is 0 Å². The molecule has 2 nitrogen and oxygen atoms in total. The fourth-order valence-corrected chi connectivity index (χ4v) is 3.09. The molecule has 1 aliphatic carbocycles. The molecule has 0 spiro atoms. The van der Waals surface area contributed by atoms with Gasteiger partial charge < -0.3 is 4.74 Å². The molecule has 1 unspecified atom stereocenters. The lowest BCUT2D eigenvalue weighted by atomic mass is 9.78. The fourth-order valence-electron chi connectivity index (χ4n) is 2.83. The molecule has 0 amide bonds. The van der Waals surface area contributed by atoms with Crippen LogP contribution in [0.2, 0.25) is 5.02 Å². The Morgan fingerprint density at radius 3 is 2.67 bits per heavy atom. The minimum atomic E-state index is 0.101. The van der Waals surface area contributed by atoms with Crippen LogP contribution in [0.1, 0.15) is 43.5 Å². The Hall–Kier alpha value is -1.02. The van der Waals surface area contributed by atoms with E-state index in [-0.39, 0.29) is 17.1 Å². The Morgan fingerprint density at radius 2 is 2.17 bits per heavy atom. The van der Waals surface area contributed by atoms with Gasteiger partial charge in [-0.2, -0.15) is 0 Å². The summed E-state index contributed by atoms with van der Waals surface area (Å²) in [7, 11) is 1.57. The number of ketones is 1. The van der Waals surface area contributed by atoms with Crippen LogP contribution in [-0.2, 0) is 0 Å². The van der Waals surface area contributed by atoms with Crippen LogP contribution < -0.4 is 4.74 Å². The number of hydrogen-bond acceptors (Lipinski definition) is 2. The number of benzene rings is 1. The first-order chi connectivity index (χ1) is 8.45. The highest BCUT2D eigenvalue weighted by molar-refractivity contribution is 6.32. The molecule has 1 saturated carbocycles. The van der Waals surface area contributed by atoms with Gasteiger partial charge in [0.25, 0.3) is 0 Å². The van der Waals surface area contributed by atoms with Gasteiger partial charge in [0.1, 0.15) is 5.75 Å². The van der Waals surface area contributed by atoms with Gasteiger partial charge in [0.15, 0.2) is 5.78 Å². The lowest BCUT2D eigenvalue weighted by Crippen LogP contribution is -2.25. The minimum absolute atomic E-state index is 0.101. The maximum Gasteiger partial charge on any atom is 0.166 e. The highest BCUT2D eigenvalue weighted by Gasteiger charge is 2.39. The zero-order valence-electron chi connectivity index (χ0n) is 11.1.